The van der Waals surface area contributed by atoms with E-state index in [1.807, 2.05) is 6.07 Å². The molecular weight excluding hydrogens is 253 g/mol. The summed E-state index contributed by atoms with van der Waals surface area (Å²) >= 11 is 0. The molecular formula is C17H26FNO. The van der Waals surface area contributed by atoms with E-state index in [0.717, 1.165) is 44.6 Å². The van der Waals surface area contributed by atoms with Crippen LogP contribution in [0.5, 0.6) is 0 Å². The molecule has 1 aliphatic rings. The van der Waals surface area contributed by atoms with Crippen LogP contribution in [0.15, 0.2) is 24.3 Å². The minimum Gasteiger partial charge on any atom is -0.381 e. The summed E-state index contributed by atoms with van der Waals surface area (Å²) in [5.41, 5.74) is 1.37. The Bertz CT molecular complexity index is 433. The number of benzene rings is 1. The Balaban J connectivity index is 2.10. The van der Waals surface area contributed by atoms with Gasteiger partial charge < -0.3 is 10.1 Å². The van der Waals surface area contributed by atoms with E-state index in [0.29, 0.717) is 0 Å². The molecule has 20 heavy (non-hydrogen) atoms. The number of halogens is 1. The van der Waals surface area contributed by atoms with Crippen molar-refractivity contribution >= 4 is 0 Å². The highest BCUT2D eigenvalue weighted by Gasteiger charge is 2.33. The number of hydrogen-bond donors (Lipinski definition) is 1. The predicted molar refractivity (Wildman–Crippen MR) is 80.3 cm³/mol. The Kier molecular flexibility index (Phi) is 4.82. The molecule has 0 bridgehead atoms. The largest absolute Gasteiger partial charge is 0.381 e. The zero-order chi connectivity index (χ0) is 14.6. The predicted octanol–water partition coefficient (Wildman–Crippen LogP) is 3.55. The molecule has 1 fully saturated rings. The second kappa shape index (κ2) is 6.23. The number of hydrogen-bond acceptors (Lipinski definition) is 2. The van der Waals surface area contributed by atoms with Gasteiger partial charge in [-0.3, -0.25) is 0 Å². The molecule has 2 nitrogen and oxygen atoms in total. The van der Waals surface area contributed by atoms with Gasteiger partial charge in [-0.2, -0.15) is 0 Å². The van der Waals surface area contributed by atoms with E-state index < -0.39 is 0 Å². The zero-order valence-corrected chi connectivity index (χ0v) is 12.8. The van der Waals surface area contributed by atoms with Crippen LogP contribution < -0.4 is 5.32 Å². The summed E-state index contributed by atoms with van der Waals surface area (Å²) in [5, 5.41) is 3.62. The Hall–Kier alpha value is -0.930. The van der Waals surface area contributed by atoms with Gasteiger partial charge in [0, 0.05) is 25.3 Å². The summed E-state index contributed by atoms with van der Waals surface area (Å²) in [6.45, 7) is 9.12. The van der Waals surface area contributed by atoms with E-state index in [4.69, 9.17) is 4.74 Å². The van der Waals surface area contributed by atoms with Crippen LogP contribution in [-0.4, -0.2) is 25.3 Å². The Labute approximate surface area is 121 Å². The van der Waals surface area contributed by atoms with Crippen molar-refractivity contribution in [3.63, 3.8) is 0 Å². The van der Waals surface area contributed by atoms with Gasteiger partial charge in [0.05, 0.1) is 0 Å². The normalized spacial score (nSPS) is 19.0. The maximum absolute atomic E-state index is 13.4. The summed E-state index contributed by atoms with van der Waals surface area (Å²) in [5.74, 6) is -0.145. The molecule has 1 aromatic carbocycles. The van der Waals surface area contributed by atoms with Gasteiger partial charge in [0.25, 0.3) is 0 Å². The van der Waals surface area contributed by atoms with Crippen molar-refractivity contribution in [2.24, 2.45) is 5.41 Å². The topological polar surface area (TPSA) is 21.3 Å². The lowest BCUT2D eigenvalue weighted by atomic mass is 9.74. The summed E-state index contributed by atoms with van der Waals surface area (Å²) in [6, 6.07) is 6.99. The van der Waals surface area contributed by atoms with Crippen molar-refractivity contribution in [2.45, 2.75) is 45.6 Å². The number of ether oxygens (including phenoxy) is 1. The van der Waals surface area contributed by atoms with Gasteiger partial charge in [0.2, 0.25) is 0 Å². The number of rotatable bonds is 4. The van der Waals surface area contributed by atoms with Crippen LogP contribution in [0.2, 0.25) is 0 Å². The standard InChI is InChI=1S/C17H26FNO/c1-16(2,3)19-13-17(7-9-20-10-8-17)12-14-5-4-6-15(18)11-14/h4-6,11,19H,7-10,12-13H2,1-3H3. The smallest absolute Gasteiger partial charge is 0.123 e. The molecule has 2 rings (SSSR count). The zero-order valence-electron chi connectivity index (χ0n) is 12.8. The van der Waals surface area contributed by atoms with Crippen LogP contribution in [0, 0.1) is 11.2 Å². The van der Waals surface area contributed by atoms with Gasteiger partial charge in [0.15, 0.2) is 0 Å². The lowest BCUT2D eigenvalue weighted by molar-refractivity contribution is 0.0121. The molecule has 0 aliphatic carbocycles. The molecule has 0 spiro atoms. The minimum absolute atomic E-state index is 0.104. The molecule has 1 N–H and O–H groups in total. The third-order valence-corrected chi connectivity index (χ3v) is 4.02. The molecule has 0 saturated carbocycles. The molecule has 0 atom stereocenters. The van der Waals surface area contributed by atoms with E-state index in [2.05, 4.69) is 26.1 Å². The fourth-order valence-corrected chi connectivity index (χ4v) is 2.75. The van der Waals surface area contributed by atoms with E-state index in [-0.39, 0.29) is 16.8 Å². The first-order valence-corrected chi connectivity index (χ1v) is 7.46. The highest BCUT2D eigenvalue weighted by molar-refractivity contribution is 5.18. The van der Waals surface area contributed by atoms with Crippen LogP contribution in [0.3, 0.4) is 0 Å². The first kappa shape index (κ1) is 15.5. The quantitative estimate of drug-likeness (QED) is 0.910. The van der Waals surface area contributed by atoms with Crippen LogP contribution in [0.1, 0.15) is 39.2 Å². The van der Waals surface area contributed by atoms with E-state index in [9.17, 15) is 4.39 Å². The monoisotopic (exact) mass is 279 g/mol. The lowest BCUT2D eigenvalue weighted by Crippen LogP contribution is -2.47. The van der Waals surface area contributed by atoms with Crippen molar-refractivity contribution in [1.82, 2.24) is 5.32 Å². The van der Waals surface area contributed by atoms with Crippen LogP contribution >= 0.6 is 0 Å². The summed E-state index contributed by atoms with van der Waals surface area (Å²) < 4.78 is 18.9. The molecule has 0 aromatic heterocycles. The Morgan fingerprint density at radius 2 is 1.95 bits per heavy atom. The highest BCUT2D eigenvalue weighted by Crippen LogP contribution is 2.34. The van der Waals surface area contributed by atoms with Crippen molar-refractivity contribution in [3.8, 4) is 0 Å². The van der Waals surface area contributed by atoms with Gasteiger partial charge in [-0.25, -0.2) is 4.39 Å². The van der Waals surface area contributed by atoms with E-state index in [1.165, 1.54) is 6.07 Å². The average molecular weight is 279 g/mol. The lowest BCUT2D eigenvalue weighted by Gasteiger charge is -2.40. The molecule has 1 aromatic rings. The van der Waals surface area contributed by atoms with Gasteiger partial charge in [-0.05, 0) is 63.1 Å². The molecule has 112 valence electrons. The second-order valence-electron chi connectivity index (χ2n) is 7.02. The summed E-state index contributed by atoms with van der Waals surface area (Å²) in [7, 11) is 0. The Morgan fingerprint density at radius 1 is 1.25 bits per heavy atom. The minimum atomic E-state index is -0.145. The first-order valence-electron chi connectivity index (χ1n) is 7.46. The molecule has 3 heteroatoms. The highest BCUT2D eigenvalue weighted by atomic mass is 19.1. The average Bonchev–Trinajstić information content (AvgIpc) is 2.37. The maximum atomic E-state index is 13.4. The van der Waals surface area contributed by atoms with Crippen LogP contribution in [-0.2, 0) is 11.2 Å². The number of nitrogens with one attached hydrogen (secondary N) is 1. The molecule has 0 unspecified atom stereocenters. The SMILES string of the molecule is CC(C)(C)NCC1(Cc2cccc(F)c2)CCOCC1. The van der Waals surface area contributed by atoms with Crippen molar-refractivity contribution in [3.05, 3.63) is 35.6 Å². The summed E-state index contributed by atoms with van der Waals surface area (Å²) in [6.07, 6.45) is 2.98. The summed E-state index contributed by atoms with van der Waals surface area (Å²) in [4.78, 5) is 0. The third kappa shape index (κ3) is 4.57. The van der Waals surface area contributed by atoms with Crippen molar-refractivity contribution in [1.29, 1.82) is 0 Å². The van der Waals surface area contributed by atoms with Crippen LogP contribution in [0.4, 0.5) is 4.39 Å². The van der Waals surface area contributed by atoms with E-state index in [1.54, 1.807) is 12.1 Å². The molecule has 0 amide bonds. The van der Waals surface area contributed by atoms with Gasteiger partial charge in [-0.15, -0.1) is 0 Å². The Morgan fingerprint density at radius 3 is 2.55 bits per heavy atom. The second-order valence-corrected chi connectivity index (χ2v) is 7.02. The van der Waals surface area contributed by atoms with Crippen molar-refractivity contribution < 1.29 is 9.13 Å². The van der Waals surface area contributed by atoms with Gasteiger partial charge in [0.1, 0.15) is 5.82 Å². The fourth-order valence-electron chi connectivity index (χ4n) is 2.75. The van der Waals surface area contributed by atoms with Gasteiger partial charge >= 0.3 is 0 Å². The molecule has 1 saturated heterocycles. The third-order valence-electron chi connectivity index (χ3n) is 4.02. The molecule has 0 radical (unpaired) electrons. The fraction of sp³-hybridized carbons (Fsp3) is 0.647. The molecule has 1 aliphatic heterocycles. The first-order chi connectivity index (χ1) is 9.39. The van der Waals surface area contributed by atoms with Gasteiger partial charge in [-0.1, -0.05) is 12.1 Å². The van der Waals surface area contributed by atoms with Crippen LogP contribution in [0.25, 0.3) is 0 Å². The van der Waals surface area contributed by atoms with E-state index >= 15 is 0 Å². The van der Waals surface area contributed by atoms with Crippen molar-refractivity contribution in [2.75, 3.05) is 19.8 Å². The maximum Gasteiger partial charge on any atom is 0.123 e. The molecule has 1 heterocycles.